The van der Waals surface area contributed by atoms with Gasteiger partial charge in [-0.05, 0) is 56.6 Å². The number of nitrogens with two attached hydrogens (primary N) is 1. The Kier molecular flexibility index (Phi) is 3.87. The fraction of sp³-hybridized carbons (Fsp3) is 0.588. The summed E-state index contributed by atoms with van der Waals surface area (Å²) in [7, 11) is 0. The van der Waals surface area contributed by atoms with Crippen LogP contribution in [0.1, 0.15) is 54.4 Å². The van der Waals surface area contributed by atoms with Crippen LogP contribution < -0.4 is 11.1 Å². The molecule has 0 heterocycles. The summed E-state index contributed by atoms with van der Waals surface area (Å²) in [6.45, 7) is 1.74. The lowest BCUT2D eigenvalue weighted by Gasteiger charge is -2.31. The molecule has 3 N–H and O–H groups in total. The third-order valence-electron chi connectivity index (χ3n) is 4.99. The molecule has 21 heavy (non-hydrogen) atoms. The van der Waals surface area contributed by atoms with Gasteiger partial charge in [-0.25, -0.2) is 4.39 Å². The van der Waals surface area contributed by atoms with E-state index in [1.54, 1.807) is 13.0 Å². The second kappa shape index (κ2) is 5.66. The highest BCUT2D eigenvalue weighted by Crippen LogP contribution is 2.44. The molecule has 3 nitrogen and oxygen atoms in total. The van der Waals surface area contributed by atoms with Crippen LogP contribution in [0, 0.1) is 24.6 Å². The van der Waals surface area contributed by atoms with Gasteiger partial charge in [0.25, 0.3) is 0 Å². The van der Waals surface area contributed by atoms with Crippen LogP contribution in [0.5, 0.6) is 0 Å². The number of carbonyl (C=O) groups is 1. The van der Waals surface area contributed by atoms with Crippen LogP contribution in [0.25, 0.3) is 0 Å². The zero-order valence-electron chi connectivity index (χ0n) is 12.5. The number of halogens is 1. The van der Waals surface area contributed by atoms with E-state index < -0.39 is 5.91 Å². The molecule has 2 aliphatic carbocycles. The molecule has 0 aromatic heterocycles. The number of carbonyl (C=O) groups excluding carboxylic acids is 1. The molecule has 114 valence electrons. The van der Waals surface area contributed by atoms with E-state index in [0.29, 0.717) is 17.3 Å². The van der Waals surface area contributed by atoms with Crippen LogP contribution in [0.4, 0.5) is 10.1 Å². The molecule has 4 heteroatoms. The molecule has 2 saturated carbocycles. The van der Waals surface area contributed by atoms with E-state index >= 15 is 0 Å². The van der Waals surface area contributed by atoms with Gasteiger partial charge in [0.05, 0.1) is 0 Å². The zero-order chi connectivity index (χ0) is 15.0. The van der Waals surface area contributed by atoms with Gasteiger partial charge in [-0.1, -0.05) is 12.8 Å². The van der Waals surface area contributed by atoms with E-state index in [1.807, 2.05) is 0 Å². The zero-order valence-corrected chi connectivity index (χ0v) is 12.5. The Labute approximate surface area is 125 Å². The molecule has 1 aromatic rings. The maximum absolute atomic E-state index is 13.9. The fourth-order valence-electron chi connectivity index (χ4n) is 3.55. The van der Waals surface area contributed by atoms with Crippen molar-refractivity contribution in [3.8, 4) is 0 Å². The molecule has 2 aliphatic rings. The summed E-state index contributed by atoms with van der Waals surface area (Å²) in [5, 5.41) is 3.45. The summed E-state index contributed by atoms with van der Waals surface area (Å²) in [6.07, 6.45) is 7.59. The third kappa shape index (κ3) is 3.20. The normalized spacial score (nSPS) is 25.6. The number of anilines is 1. The van der Waals surface area contributed by atoms with Crippen molar-refractivity contribution in [3.63, 3.8) is 0 Å². The smallest absolute Gasteiger partial charge is 0.248 e. The summed E-state index contributed by atoms with van der Waals surface area (Å²) in [4.78, 5) is 11.3. The minimum atomic E-state index is -0.587. The number of primary amides is 1. The molecule has 0 bridgehead atoms. The number of rotatable bonds is 4. The van der Waals surface area contributed by atoms with Gasteiger partial charge in [-0.3, -0.25) is 4.79 Å². The number of hydrogen-bond acceptors (Lipinski definition) is 2. The first-order chi connectivity index (χ1) is 10.0. The predicted octanol–water partition coefficient (Wildman–Crippen LogP) is 3.61. The van der Waals surface area contributed by atoms with E-state index in [0.717, 1.165) is 24.7 Å². The number of nitrogens with one attached hydrogen (secondary N) is 1. The molecule has 1 aromatic carbocycles. The van der Waals surface area contributed by atoms with Crippen LogP contribution in [-0.4, -0.2) is 11.9 Å². The minimum absolute atomic E-state index is 0.232. The Balaban J connectivity index is 1.75. The van der Waals surface area contributed by atoms with E-state index in [9.17, 15) is 9.18 Å². The van der Waals surface area contributed by atoms with Crippen molar-refractivity contribution >= 4 is 11.6 Å². The first-order valence-corrected chi connectivity index (χ1v) is 7.91. The number of benzene rings is 1. The number of hydrogen-bond donors (Lipinski definition) is 2. The molecule has 2 atom stereocenters. The van der Waals surface area contributed by atoms with Crippen LogP contribution in [-0.2, 0) is 0 Å². The van der Waals surface area contributed by atoms with Crippen molar-refractivity contribution in [2.75, 3.05) is 5.32 Å². The van der Waals surface area contributed by atoms with E-state index in [2.05, 4.69) is 5.32 Å². The van der Waals surface area contributed by atoms with E-state index in [4.69, 9.17) is 5.73 Å². The standard InChI is InChI=1S/C17H23FN2O/c1-10-15(18)8-13(17(19)21)9-16(10)20-14-4-2-3-12(7-14)11-5-6-11/h8-9,11-12,14,20H,2-7H2,1H3,(H2,19,21). The Morgan fingerprint density at radius 2 is 2.00 bits per heavy atom. The SMILES string of the molecule is Cc1c(F)cc(C(N)=O)cc1NC1CCCC(C2CC2)C1. The largest absolute Gasteiger partial charge is 0.382 e. The molecular formula is C17H23FN2O. The molecule has 1 amide bonds. The third-order valence-corrected chi connectivity index (χ3v) is 4.99. The molecule has 0 radical (unpaired) electrons. The summed E-state index contributed by atoms with van der Waals surface area (Å²) < 4.78 is 13.9. The average molecular weight is 290 g/mol. The first kappa shape index (κ1) is 14.4. The number of amides is 1. The van der Waals surface area contributed by atoms with Gasteiger partial charge in [0, 0.05) is 22.9 Å². The quantitative estimate of drug-likeness (QED) is 0.890. The monoisotopic (exact) mass is 290 g/mol. The summed E-state index contributed by atoms with van der Waals surface area (Å²) >= 11 is 0. The van der Waals surface area contributed by atoms with Crippen molar-refractivity contribution in [2.45, 2.75) is 51.5 Å². The van der Waals surface area contributed by atoms with E-state index in [1.165, 1.54) is 31.7 Å². The van der Waals surface area contributed by atoms with Crippen molar-refractivity contribution in [3.05, 3.63) is 29.1 Å². The lowest BCUT2D eigenvalue weighted by molar-refractivity contribution is 0.1000. The maximum atomic E-state index is 13.9. The van der Waals surface area contributed by atoms with Crippen molar-refractivity contribution < 1.29 is 9.18 Å². The first-order valence-electron chi connectivity index (χ1n) is 7.91. The maximum Gasteiger partial charge on any atom is 0.248 e. The molecule has 2 unspecified atom stereocenters. The van der Waals surface area contributed by atoms with Crippen molar-refractivity contribution in [1.82, 2.24) is 0 Å². The summed E-state index contributed by atoms with van der Waals surface area (Å²) in [6, 6.07) is 3.28. The van der Waals surface area contributed by atoms with Gasteiger partial charge in [0.2, 0.25) is 5.91 Å². The second-order valence-corrected chi connectivity index (χ2v) is 6.60. The highest BCUT2D eigenvalue weighted by Gasteiger charge is 2.34. The molecule has 3 rings (SSSR count). The molecule has 2 fully saturated rings. The molecular weight excluding hydrogens is 267 g/mol. The Bertz CT molecular complexity index is 554. The fourth-order valence-corrected chi connectivity index (χ4v) is 3.55. The van der Waals surface area contributed by atoms with Gasteiger partial charge in [-0.15, -0.1) is 0 Å². The lowest BCUT2D eigenvalue weighted by atomic mass is 9.82. The van der Waals surface area contributed by atoms with Crippen molar-refractivity contribution in [2.24, 2.45) is 17.6 Å². The van der Waals surface area contributed by atoms with Crippen LogP contribution in [0.3, 0.4) is 0 Å². The van der Waals surface area contributed by atoms with Gasteiger partial charge >= 0.3 is 0 Å². The minimum Gasteiger partial charge on any atom is -0.382 e. The van der Waals surface area contributed by atoms with Crippen LogP contribution in [0.2, 0.25) is 0 Å². The lowest BCUT2D eigenvalue weighted by Crippen LogP contribution is -2.28. The molecule has 0 aliphatic heterocycles. The van der Waals surface area contributed by atoms with Crippen LogP contribution in [0.15, 0.2) is 12.1 Å². The topological polar surface area (TPSA) is 55.1 Å². The highest BCUT2D eigenvalue weighted by atomic mass is 19.1. The summed E-state index contributed by atoms with van der Waals surface area (Å²) in [5.74, 6) is 0.782. The van der Waals surface area contributed by atoms with Crippen molar-refractivity contribution in [1.29, 1.82) is 0 Å². The van der Waals surface area contributed by atoms with Gasteiger partial charge in [0.15, 0.2) is 0 Å². The second-order valence-electron chi connectivity index (χ2n) is 6.60. The van der Waals surface area contributed by atoms with Gasteiger partial charge in [-0.2, -0.15) is 0 Å². The average Bonchev–Trinajstić information content (AvgIpc) is 3.28. The summed E-state index contributed by atoms with van der Waals surface area (Å²) in [5.41, 5.74) is 6.78. The van der Waals surface area contributed by atoms with Gasteiger partial charge < -0.3 is 11.1 Å². The molecule has 0 spiro atoms. The van der Waals surface area contributed by atoms with E-state index in [-0.39, 0.29) is 11.4 Å². The van der Waals surface area contributed by atoms with Crippen LogP contribution >= 0.6 is 0 Å². The highest BCUT2D eigenvalue weighted by molar-refractivity contribution is 5.94. The van der Waals surface area contributed by atoms with Gasteiger partial charge in [0.1, 0.15) is 5.82 Å². The molecule has 0 saturated heterocycles. The Hall–Kier alpha value is -1.58. The Morgan fingerprint density at radius 1 is 1.24 bits per heavy atom. The predicted molar refractivity (Wildman–Crippen MR) is 81.7 cm³/mol. The Morgan fingerprint density at radius 3 is 2.67 bits per heavy atom.